The summed E-state index contributed by atoms with van der Waals surface area (Å²) in [5.41, 5.74) is 4.53. The third-order valence-electron chi connectivity index (χ3n) is 5.89. The Balaban J connectivity index is 1.56. The summed E-state index contributed by atoms with van der Waals surface area (Å²) in [6, 6.07) is 19.8. The Bertz CT molecular complexity index is 1320. The van der Waals surface area contributed by atoms with E-state index in [1.807, 2.05) is 62.4 Å². The lowest BCUT2D eigenvalue weighted by atomic mass is 9.83. The van der Waals surface area contributed by atoms with Gasteiger partial charge in [-0.3, -0.25) is 9.59 Å². The van der Waals surface area contributed by atoms with Gasteiger partial charge < -0.3 is 9.73 Å². The molecule has 0 atom stereocenters. The summed E-state index contributed by atoms with van der Waals surface area (Å²) in [6.45, 7) is 5.03. The Morgan fingerprint density at radius 2 is 1.53 bits per heavy atom. The van der Waals surface area contributed by atoms with Crippen molar-refractivity contribution < 1.29 is 14.0 Å². The van der Waals surface area contributed by atoms with Crippen LogP contribution in [-0.2, 0) is 13.1 Å². The molecule has 1 heterocycles. The van der Waals surface area contributed by atoms with Gasteiger partial charge >= 0.3 is 0 Å². The van der Waals surface area contributed by atoms with E-state index in [1.165, 1.54) is 5.56 Å². The van der Waals surface area contributed by atoms with E-state index in [0.717, 1.165) is 21.9 Å². The summed E-state index contributed by atoms with van der Waals surface area (Å²) in [4.78, 5) is 26.1. The summed E-state index contributed by atoms with van der Waals surface area (Å²) in [6.07, 6.45) is 0. The summed E-state index contributed by atoms with van der Waals surface area (Å²) < 4.78 is 6.16. The van der Waals surface area contributed by atoms with E-state index >= 15 is 0 Å². The first-order valence-electron chi connectivity index (χ1n) is 10.0. The third-order valence-corrected chi connectivity index (χ3v) is 5.89. The largest absolute Gasteiger partial charge is 0.459 e. The highest BCUT2D eigenvalue weighted by molar-refractivity contribution is 6.54. The lowest BCUT2D eigenvalue weighted by Crippen LogP contribution is -2.21. The smallest absolute Gasteiger partial charge is 0.237 e. The van der Waals surface area contributed by atoms with Crippen LogP contribution in [0.2, 0.25) is 0 Å². The van der Waals surface area contributed by atoms with E-state index < -0.39 is 11.6 Å². The fraction of sp³-hybridized carbons (Fsp3) is 0.154. The SMILES string of the molecule is Cc1c(CNCc2ccccc2)oc2c1C(=O)C(=O)c1c-2ccc2c(C)cccc12. The van der Waals surface area contributed by atoms with E-state index in [0.29, 0.717) is 41.3 Å². The van der Waals surface area contributed by atoms with Crippen LogP contribution in [0.4, 0.5) is 0 Å². The summed E-state index contributed by atoms with van der Waals surface area (Å²) >= 11 is 0. The zero-order chi connectivity index (χ0) is 20.8. The van der Waals surface area contributed by atoms with Crippen LogP contribution in [0.1, 0.15) is 43.2 Å². The molecule has 30 heavy (non-hydrogen) atoms. The van der Waals surface area contributed by atoms with E-state index in [4.69, 9.17) is 4.42 Å². The van der Waals surface area contributed by atoms with Crippen molar-refractivity contribution in [3.63, 3.8) is 0 Å². The lowest BCUT2D eigenvalue weighted by Gasteiger charge is -2.16. The second kappa shape index (κ2) is 7.08. The first kappa shape index (κ1) is 18.5. The van der Waals surface area contributed by atoms with Crippen molar-refractivity contribution in [2.45, 2.75) is 26.9 Å². The Morgan fingerprint density at radius 1 is 0.767 bits per heavy atom. The van der Waals surface area contributed by atoms with Gasteiger partial charge in [0.1, 0.15) is 11.5 Å². The molecule has 0 radical (unpaired) electrons. The highest BCUT2D eigenvalue weighted by atomic mass is 16.3. The highest BCUT2D eigenvalue weighted by Crippen LogP contribution is 2.41. The molecule has 0 saturated heterocycles. The van der Waals surface area contributed by atoms with Crippen molar-refractivity contribution in [1.82, 2.24) is 5.32 Å². The lowest BCUT2D eigenvalue weighted by molar-refractivity contribution is 0.0815. The zero-order valence-electron chi connectivity index (χ0n) is 16.9. The number of furan rings is 1. The number of carbonyl (C=O) groups is 2. The standard InChI is InChI=1S/C26H21NO3/c1-15-7-6-10-19-18(15)11-12-20-23(19)25(29)24(28)22-16(2)21(30-26(20)22)14-27-13-17-8-4-3-5-9-17/h3-12,27H,13-14H2,1-2H3. The predicted molar refractivity (Wildman–Crippen MR) is 117 cm³/mol. The molecule has 0 amide bonds. The predicted octanol–water partition coefficient (Wildman–Crippen LogP) is 5.39. The molecule has 1 aliphatic rings. The average Bonchev–Trinajstić information content (AvgIpc) is 3.09. The molecule has 0 aliphatic heterocycles. The van der Waals surface area contributed by atoms with Gasteiger partial charge in [-0.2, -0.15) is 0 Å². The summed E-state index contributed by atoms with van der Waals surface area (Å²) in [7, 11) is 0. The molecule has 4 aromatic rings. The number of benzene rings is 3. The number of fused-ring (bicyclic) bond motifs is 5. The van der Waals surface area contributed by atoms with Crippen LogP contribution in [0.25, 0.3) is 22.1 Å². The molecule has 4 heteroatoms. The number of nitrogens with one attached hydrogen (secondary N) is 1. The topological polar surface area (TPSA) is 59.3 Å². The van der Waals surface area contributed by atoms with E-state index in [-0.39, 0.29) is 0 Å². The minimum Gasteiger partial charge on any atom is -0.459 e. The fourth-order valence-corrected chi connectivity index (χ4v) is 4.28. The van der Waals surface area contributed by atoms with Gasteiger partial charge in [0.25, 0.3) is 0 Å². The van der Waals surface area contributed by atoms with Crippen molar-refractivity contribution in [3.8, 4) is 11.3 Å². The van der Waals surface area contributed by atoms with Gasteiger partial charge in [-0.1, -0.05) is 54.6 Å². The van der Waals surface area contributed by atoms with Crippen molar-refractivity contribution in [2.75, 3.05) is 0 Å². The Morgan fingerprint density at radius 3 is 2.33 bits per heavy atom. The maximum Gasteiger partial charge on any atom is 0.237 e. The summed E-state index contributed by atoms with van der Waals surface area (Å²) in [5, 5.41) is 5.15. The fourth-order valence-electron chi connectivity index (χ4n) is 4.28. The molecule has 0 fully saturated rings. The van der Waals surface area contributed by atoms with E-state index in [1.54, 1.807) is 0 Å². The second-order valence-electron chi connectivity index (χ2n) is 7.76. The maximum atomic E-state index is 13.1. The number of aryl methyl sites for hydroxylation is 1. The molecular formula is C26H21NO3. The van der Waals surface area contributed by atoms with Crippen molar-refractivity contribution in [1.29, 1.82) is 0 Å². The number of hydrogen-bond acceptors (Lipinski definition) is 4. The maximum absolute atomic E-state index is 13.1. The van der Waals surface area contributed by atoms with Gasteiger partial charge in [-0.15, -0.1) is 0 Å². The minimum atomic E-state index is -0.484. The first-order chi connectivity index (χ1) is 14.6. The van der Waals surface area contributed by atoms with E-state index in [9.17, 15) is 9.59 Å². The van der Waals surface area contributed by atoms with Gasteiger partial charge in [0, 0.05) is 23.2 Å². The first-order valence-corrected chi connectivity index (χ1v) is 10.0. The number of Topliss-reactive ketones (excluding diaryl/α,β-unsaturated/α-hetero) is 2. The van der Waals surface area contributed by atoms with Crippen LogP contribution in [0, 0.1) is 13.8 Å². The van der Waals surface area contributed by atoms with Crippen molar-refractivity contribution in [3.05, 3.63) is 94.2 Å². The normalized spacial score (nSPS) is 12.9. The molecule has 0 spiro atoms. The van der Waals surface area contributed by atoms with Gasteiger partial charge in [-0.25, -0.2) is 0 Å². The van der Waals surface area contributed by atoms with Gasteiger partial charge in [0.15, 0.2) is 0 Å². The van der Waals surface area contributed by atoms with Crippen LogP contribution in [0.5, 0.6) is 0 Å². The molecule has 1 aromatic heterocycles. The highest BCUT2D eigenvalue weighted by Gasteiger charge is 2.37. The molecule has 3 aromatic carbocycles. The zero-order valence-corrected chi connectivity index (χ0v) is 16.9. The van der Waals surface area contributed by atoms with Crippen LogP contribution >= 0.6 is 0 Å². The third kappa shape index (κ3) is 2.80. The Labute approximate surface area is 174 Å². The molecule has 1 aliphatic carbocycles. The monoisotopic (exact) mass is 395 g/mol. The minimum absolute atomic E-state index is 0.399. The molecule has 5 rings (SSSR count). The molecule has 0 unspecified atom stereocenters. The van der Waals surface area contributed by atoms with Crippen LogP contribution in [0.3, 0.4) is 0 Å². The van der Waals surface area contributed by atoms with Gasteiger partial charge in [-0.05, 0) is 41.8 Å². The van der Waals surface area contributed by atoms with Gasteiger partial charge in [0.2, 0.25) is 11.6 Å². The molecule has 1 N–H and O–H groups in total. The quantitative estimate of drug-likeness (QED) is 0.471. The number of carbonyl (C=O) groups excluding carboxylic acids is 2. The summed E-state index contributed by atoms with van der Waals surface area (Å²) in [5.74, 6) is 0.254. The van der Waals surface area contributed by atoms with Crippen LogP contribution in [-0.4, -0.2) is 11.6 Å². The molecule has 148 valence electrons. The van der Waals surface area contributed by atoms with Crippen LogP contribution < -0.4 is 5.32 Å². The van der Waals surface area contributed by atoms with Crippen LogP contribution in [0.15, 0.2) is 65.1 Å². The molecular weight excluding hydrogens is 374 g/mol. The molecule has 4 nitrogen and oxygen atoms in total. The second-order valence-corrected chi connectivity index (χ2v) is 7.76. The molecule has 0 bridgehead atoms. The van der Waals surface area contributed by atoms with Crippen molar-refractivity contribution >= 4 is 22.3 Å². The average molecular weight is 395 g/mol. The Kier molecular flexibility index (Phi) is 4.37. The Hall–Kier alpha value is -3.50. The molecule has 0 saturated carbocycles. The number of ketones is 2. The number of hydrogen-bond donors (Lipinski definition) is 1. The van der Waals surface area contributed by atoms with Crippen molar-refractivity contribution in [2.24, 2.45) is 0 Å². The van der Waals surface area contributed by atoms with E-state index in [2.05, 4.69) is 17.4 Å². The number of rotatable bonds is 4. The van der Waals surface area contributed by atoms with Gasteiger partial charge in [0.05, 0.1) is 12.1 Å².